The second-order valence-corrected chi connectivity index (χ2v) is 7.92. The normalized spacial score (nSPS) is 11.4. The van der Waals surface area contributed by atoms with E-state index in [2.05, 4.69) is 4.85 Å². The van der Waals surface area contributed by atoms with Gasteiger partial charge in [0.15, 0.2) is 15.5 Å². The van der Waals surface area contributed by atoms with Crippen LogP contribution in [0.5, 0.6) is 0 Å². The van der Waals surface area contributed by atoms with Gasteiger partial charge >= 0.3 is 0 Å². The lowest BCUT2D eigenvalue weighted by molar-refractivity contribution is 0.595. The van der Waals surface area contributed by atoms with Crippen molar-refractivity contribution in [1.82, 2.24) is 4.57 Å². The average molecular weight is 352 g/mol. The summed E-state index contributed by atoms with van der Waals surface area (Å²) < 4.78 is 26.9. The van der Waals surface area contributed by atoms with Gasteiger partial charge in [-0.3, -0.25) is 4.79 Å². The first-order valence-corrected chi connectivity index (χ1v) is 9.26. The highest BCUT2D eigenvalue weighted by Gasteiger charge is 2.17. The lowest BCUT2D eigenvalue weighted by Gasteiger charge is -2.11. The van der Waals surface area contributed by atoms with Gasteiger partial charge in [0.2, 0.25) is 0 Å². The summed E-state index contributed by atoms with van der Waals surface area (Å²) in [5, 5.41) is 0.821. The minimum absolute atomic E-state index is 0.104. The Balaban J connectivity index is 2.04. The van der Waals surface area contributed by atoms with Crippen LogP contribution >= 0.6 is 0 Å². The molecular weight excluding hydrogens is 336 g/mol. The smallest absolute Gasteiger partial charge is 0.250 e. The third kappa shape index (κ3) is 3.19. The number of hydrogen-bond acceptors (Lipinski definition) is 3. The number of hydrogen-bond donors (Lipinski definition) is 0. The van der Waals surface area contributed by atoms with Crippen LogP contribution in [0.2, 0.25) is 0 Å². The zero-order valence-corrected chi connectivity index (χ0v) is 14.7. The average Bonchev–Trinajstić information content (AvgIpc) is 2.59. The number of aryl methyl sites for hydroxylation is 2. The monoisotopic (exact) mass is 352 g/mol. The summed E-state index contributed by atoms with van der Waals surface area (Å²) in [5.74, 6) is -0.130. The first kappa shape index (κ1) is 16.9. The largest absolute Gasteiger partial charge is 0.311 e. The minimum atomic E-state index is -3.52. The molecule has 0 atom stereocenters. The Bertz CT molecular complexity index is 1170. The van der Waals surface area contributed by atoms with Crippen molar-refractivity contribution in [1.29, 1.82) is 0 Å². The molecule has 3 aromatic rings. The number of nitrogens with zero attached hydrogens (tertiary/aromatic N) is 2. The summed E-state index contributed by atoms with van der Waals surface area (Å²) in [6, 6.07) is 12.8. The van der Waals surface area contributed by atoms with E-state index < -0.39 is 9.84 Å². The van der Waals surface area contributed by atoms with E-state index in [1.807, 2.05) is 19.1 Å². The molecule has 1 heterocycles. The number of pyridine rings is 1. The molecule has 25 heavy (non-hydrogen) atoms. The molecule has 2 aromatic carbocycles. The van der Waals surface area contributed by atoms with Gasteiger partial charge in [0.1, 0.15) is 0 Å². The second-order valence-electron chi connectivity index (χ2n) is 5.93. The number of aromatic nitrogens is 1. The van der Waals surface area contributed by atoms with Crippen molar-refractivity contribution in [3.8, 4) is 0 Å². The number of rotatable bonds is 3. The standard InChI is InChI=1S/C19H16N2O3S/c1-13-10-18-14(4-9-19(22)21(18)3)11-15(13)12-25(23,24)17-7-5-16(20-2)6-8-17/h4-11H,12H2,1,3H3. The Morgan fingerprint density at radius 3 is 2.40 bits per heavy atom. The lowest BCUT2D eigenvalue weighted by Crippen LogP contribution is -2.15. The molecule has 0 fully saturated rings. The SMILES string of the molecule is [C-]#[N+]c1ccc(S(=O)(=O)Cc2cc3ccc(=O)n(C)c3cc2C)cc1. The van der Waals surface area contributed by atoms with Crippen molar-refractivity contribution in [3.63, 3.8) is 0 Å². The third-order valence-corrected chi connectivity index (χ3v) is 5.93. The molecule has 126 valence electrons. The Hall–Kier alpha value is -2.91. The quantitative estimate of drug-likeness (QED) is 0.679. The summed E-state index contributed by atoms with van der Waals surface area (Å²) in [5.41, 5.74) is 2.58. The molecule has 0 spiro atoms. The van der Waals surface area contributed by atoms with E-state index in [0.29, 0.717) is 11.3 Å². The van der Waals surface area contributed by atoms with E-state index in [0.717, 1.165) is 16.5 Å². The van der Waals surface area contributed by atoms with Crippen LogP contribution in [-0.4, -0.2) is 13.0 Å². The molecule has 3 rings (SSSR count). The van der Waals surface area contributed by atoms with Crippen molar-refractivity contribution in [2.24, 2.45) is 7.05 Å². The van der Waals surface area contributed by atoms with Gasteiger partial charge in [-0.15, -0.1) is 0 Å². The summed E-state index contributed by atoms with van der Waals surface area (Å²) >= 11 is 0. The highest BCUT2D eigenvalue weighted by Crippen LogP contribution is 2.24. The van der Waals surface area contributed by atoms with E-state index >= 15 is 0 Å². The molecule has 0 saturated carbocycles. The van der Waals surface area contributed by atoms with Crippen LogP contribution in [0.25, 0.3) is 15.7 Å². The van der Waals surface area contributed by atoms with Gasteiger partial charge < -0.3 is 4.57 Å². The van der Waals surface area contributed by atoms with Gasteiger partial charge in [0.05, 0.1) is 22.7 Å². The molecular formula is C19H16N2O3S. The van der Waals surface area contributed by atoms with Crippen LogP contribution in [0.15, 0.2) is 58.2 Å². The van der Waals surface area contributed by atoms with Gasteiger partial charge in [0, 0.05) is 13.1 Å². The molecule has 0 amide bonds. The fraction of sp³-hybridized carbons (Fsp3) is 0.158. The molecule has 0 bridgehead atoms. The Kier molecular flexibility index (Phi) is 4.19. The van der Waals surface area contributed by atoms with Gasteiger partial charge in [-0.25, -0.2) is 13.3 Å². The summed E-state index contributed by atoms with van der Waals surface area (Å²) in [6.45, 7) is 8.78. The van der Waals surface area contributed by atoms with E-state index in [1.165, 1.54) is 30.3 Å². The third-order valence-electron chi connectivity index (χ3n) is 4.25. The highest BCUT2D eigenvalue weighted by molar-refractivity contribution is 7.90. The van der Waals surface area contributed by atoms with Crippen LogP contribution in [0.1, 0.15) is 11.1 Å². The van der Waals surface area contributed by atoms with Crippen LogP contribution in [-0.2, 0) is 22.6 Å². The molecule has 6 heteroatoms. The Morgan fingerprint density at radius 2 is 1.76 bits per heavy atom. The molecule has 0 N–H and O–H groups in total. The van der Waals surface area contributed by atoms with E-state index in [1.54, 1.807) is 17.7 Å². The predicted molar refractivity (Wildman–Crippen MR) is 97.5 cm³/mol. The number of benzene rings is 2. The summed E-state index contributed by atoms with van der Waals surface area (Å²) in [4.78, 5) is 15.2. The molecule has 0 aliphatic carbocycles. The number of fused-ring (bicyclic) bond motifs is 1. The fourth-order valence-electron chi connectivity index (χ4n) is 2.74. The zero-order chi connectivity index (χ0) is 18.2. The molecule has 0 radical (unpaired) electrons. The maximum Gasteiger partial charge on any atom is 0.250 e. The predicted octanol–water partition coefficient (Wildman–Crippen LogP) is 3.37. The first-order chi connectivity index (χ1) is 11.8. The summed E-state index contributed by atoms with van der Waals surface area (Å²) in [7, 11) is -1.83. The van der Waals surface area contributed by atoms with Crippen LogP contribution < -0.4 is 5.56 Å². The minimum Gasteiger partial charge on any atom is -0.311 e. The zero-order valence-electron chi connectivity index (χ0n) is 13.9. The first-order valence-electron chi connectivity index (χ1n) is 7.61. The maximum absolute atomic E-state index is 12.7. The lowest BCUT2D eigenvalue weighted by atomic mass is 10.1. The second kappa shape index (κ2) is 6.19. The van der Waals surface area contributed by atoms with Gasteiger partial charge in [-0.1, -0.05) is 24.3 Å². The highest BCUT2D eigenvalue weighted by atomic mass is 32.2. The van der Waals surface area contributed by atoms with Crippen molar-refractivity contribution in [2.45, 2.75) is 17.6 Å². The van der Waals surface area contributed by atoms with Crippen LogP contribution in [0.3, 0.4) is 0 Å². The van der Waals surface area contributed by atoms with E-state index in [9.17, 15) is 13.2 Å². The molecule has 0 saturated heterocycles. The molecule has 0 aliphatic heterocycles. The van der Waals surface area contributed by atoms with Crippen LogP contribution in [0.4, 0.5) is 5.69 Å². The summed E-state index contributed by atoms with van der Waals surface area (Å²) in [6.07, 6.45) is 0. The molecule has 1 aromatic heterocycles. The van der Waals surface area contributed by atoms with E-state index in [-0.39, 0.29) is 16.2 Å². The Morgan fingerprint density at radius 1 is 1.08 bits per heavy atom. The van der Waals surface area contributed by atoms with Crippen molar-refractivity contribution < 1.29 is 8.42 Å². The fourth-order valence-corrected chi connectivity index (χ4v) is 4.18. The molecule has 0 unspecified atom stereocenters. The topological polar surface area (TPSA) is 60.5 Å². The van der Waals surface area contributed by atoms with Gasteiger partial charge in [-0.2, -0.15) is 0 Å². The number of sulfone groups is 1. The molecule has 0 aliphatic rings. The van der Waals surface area contributed by atoms with Crippen molar-refractivity contribution in [3.05, 3.63) is 81.4 Å². The van der Waals surface area contributed by atoms with E-state index in [4.69, 9.17) is 6.57 Å². The van der Waals surface area contributed by atoms with Crippen LogP contribution in [0, 0.1) is 13.5 Å². The van der Waals surface area contributed by atoms with Crippen molar-refractivity contribution >= 4 is 26.4 Å². The molecule has 5 nitrogen and oxygen atoms in total. The Labute approximate surface area is 145 Å². The van der Waals surface area contributed by atoms with Gasteiger partial charge in [0.25, 0.3) is 5.56 Å². The maximum atomic E-state index is 12.7. The van der Waals surface area contributed by atoms with Gasteiger partial charge in [-0.05, 0) is 41.6 Å². The van der Waals surface area contributed by atoms with Crippen molar-refractivity contribution in [2.75, 3.05) is 0 Å².